The van der Waals surface area contributed by atoms with Crippen molar-refractivity contribution in [3.63, 3.8) is 0 Å². The number of thiazole rings is 1. The molecule has 2 heterocycles. The van der Waals surface area contributed by atoms with Crippen molar-refractivity contribution in [1.82, 2.24) is 4.57 Å². The number of rotatable bonds is 4. The van der Waals surface area contributed by atoms with Gasteiger partial charge in [0.15, 0.2) is 4.80 Å². The molecule has 1 aliphatic rings. The van der Waals surface area contributed by atoms with Gasteiger partial charge in [0.05, 0.1) is 21.8 Å². The zero-order valence-electron chi connectivity index (χ0n) is 18.5. The van der Waals surface area contributed by atoms with E-state index in [1.807, 2.05) is 6.07 Å². The first-order chi connectivity index (χ1) is 16.9. The standard InChI is InChI=1S/C27H19F2N3O2S/c1-16-23(25(33)31-21-5-3-2-4-6-21)24(18-9-13-20(29)14-10-18)32-26(34)22(35-27(32)30-16)15-17-7-11-19(28)12-8-17/h2-15,24H,1H3,(H,31,33)/b22-15+. The van der Waals surface area contributed by atoms with Crippen LogP contribution < -0.4 is 20.2 Å². The average molecular weight is 488 g/mol. The molecule has 1 aliphatic heterocycles. The third-order valence-electron chi connectivity index (χ3n) is 5.65. The highest BCUT2D eigenvalue weighted by molar-refractivity contribution is 7.07. The second-order valence-electron chi connectivity index (χ2n) is 8.01. The second kappa shape index (κ2) is 9.23. The van der Waals surface area contributed by atoms with Crippen LogP contribution in [0.25, 0.3) is 6.08 Å². The lowest BCUT2D eigenvalue weighted by Gasteiger charge is -2.25. The van der Waals surface area contributed by atoms with Crippen molar-refractivity contribution in [2.75, 3.05) is 5.32 Å². The number of benzene rings is 3. The smallest absolute Gasteiger partial charge is 0.271 e. The van der Waals surface area contributed by atoms with Crippen LogP contribution in [0, 0.1) is 11.6 Å². The second-order valence-corrected chi connectivity index (χ2v) is 9.01. The molecule has 8 heteroatoms. The predicted molar refractivity (Wildman–Crippen MR) is 132 cm³/mol. The zero-order valence-corrected chi connectivity index (χ0v) is 19.4. The summed E-state index contributed by atoms with van der Waals surface area (Å²) in [5, 5.41) is 2.87. The number of anilines is 1. The molecule has 4 aromatic rings. The van der Waals surface area contributed by atoms with Crippen molar-refractivity contribution in [3.05, 3.63) is 133 Å². The van der Waals surface area contributed by atoms with E-state index >= 15 is 0 Å². The van der Waals surface area contributed by atoms with E-state index in [0.29, 0.717) is 37.4 Å². The molecule has 0 aliphatic carbocycles. The van der Waals surface area contributed by atoms with Gasteiger partial charge in [-0.25, -0.2) is 13.8 Å². The Morgan fingerprint density at radius 3 is 2.26 bits per heavy atom. The summed E-state index contributed by atoms with van der Waals surface area (Å²) in [7, 11) is 0. The Hall–Kier alpha value is -4.17. The maximum atomic E-state index is 13.7. The predicted octanol–water partition coefficient (Wildman–Crippen LogP) is 4.15. The van der Waals surface area contributed by atoms with Gasteiger partial charge in [-0.05, 0) is 60.5 Å². The van der Waals surface area contributed by atoms with Crippen LogP contribution in [0.2, 0.25) is 0 Å². The fourth-order valence-electron chi connectivity index (χ4n) is 4.00. The molecule has 5 rings (SSSR count). The van der Waals surface area contributed by atoms with E-state index in [4.69, 9.17) is 0 Å². The van der Waals surface area contributed by atoms with Crippen LogP contribution in [0.15, 0.2) is 99.9 Å². The summed E-state index contributed by atoms with van der Waals surface area (Å²) in [6.45, 7) is 1.72. The van der Waals surface area contributed by atoms with E-state index in [2.05, 4.69) is 10.3 Å². The molecule has 0 saturated heterocycles. The van der Waals surface area contributed by atoms with Crippen molar-refractivity contribution in [1.29, 1.82) is 0 Å². The van der Waals surface area contributed by atoms with Gasteiger partial charge in [-0.15, -0.1) is 0 Å². The molecule has 1 aromatic heterocycles. The fraction of sp³-hybridized carbons (Fsp3) is 0.0741. The molecule has 0 fully saturated rings. The molecule has 5 nitrogen and oxygen atoms in total. The molecule has 1 N–H and O–H groups in total. The minimum atomic E-state index is -0.800. The Morgan fingerprint density at radius 1 is 0.971 bits per heavy atom. The number of nitrogens with one attached hydrogen (secondary N) is 1. The van der Waals surface area contributed by atoms with Crippen molar-refractivity contribution in [3.8, 4) is 0 Å². The van der Waals surface area contributed by atoms with Crippen molar-refractivity contribution >= 4 is 29.0 Å². The summed E-state index contributed by atoms with van der Waals surface area (Å²) in [6.07, 6.45) is 1.66. The van der Waals surface area contributed by atoms with Gasteiger partial charge < -0.3 is 5.32 Å². The van der Waals surface area contributed by atoms with Gasteiger partial charge in [0.2, 0.25) is 0 Å². The highest BCUT2D eigenvalue weighted by Gasteiger charge is 2.32. The van der Waals surface area contributed by atoms with E-state index in [1.165, 1.54) is 40.2 Å². The minimum absolute atomic E-state index is 0.293. The number of nitrogens with zero attached hydrogens (tertiary/aromatic N) is 2. The Labute approximate surface area is 203 Å². The molecule has 1 unspecified atom stereocenters. The molecule has 0 radical (unpaired) electrons. The number of hydrogen-bond donors (Lipinski definition) is 1. The normalized spacial score (nSPS) is 15.5. The molecule has 0 bridgehead atoms. The summed E-state index contributed by atoms with van der Waals surface area (Å²) in [6, 6.07) is 19.7. The largest absolute Gasteiger partial charge is 0.322 e. The molecule has 35 heavy (non-hydrogen) atoms. The SMILES string of the molecule is CC1=C(C(=O)Nc2ccccc2)C(c2ccc(F)cc2)n2c(s/c(=C/c3ccc(F)cc3)c2=O)=N1. The van der Waals surface area contributed by atoms with Crippen LogP contribution in [0.3, 0.4) is 0 Å². The van der Waals surface area contributed by atoms with Crippen molar-refractivity contribution < 1.29 is 13.6 Å². The van der Waals surface area contributed by atoms with Gasteiger partial charge in [-0.2, -0.15) is 0 Å². The quantitative estimate of drug-likeness (QED) is 0.470. The summed E-state index contributed by atoms with van der Waals surface area (Å²) in [5.74, 6) is -1.20. The Bertz CT molecular complexity index is 1620. The summed E-state index contributed by atoms with van der Waals surface area (Å²) >= 11 is 1.18. The number of fused-ring (bicyclic) bond motifs is 1. The van der Waals surface area contributed by atoms with Crippen LogP contribution in [-0.4, -0.2) is 10.5 Å². The van der Waals surface area contributed by atoms with E-state index in [9.17, 15) is 18.4 Å². The molecule has 174 valence electrons. The number of carbonyl (C=O) groups excluding carboxylic acids is 1. The number of para-hydroxylation sites is 1. The first-order valence-corrected chi connectivity index (χ1v) is 11.6. The van der Waals surface area contributed by atoms with Crippen LogP contribution >= 0.6 is 11.3 Å². The minimum Gasteiger partial charge on any atom is -0.322 e. The fourth-order valence-corrected chi connectivity index (χ4v) is 5.05. The molecule has 0 spiro atoms. The van der Waals surface area contributed by atoms with Crippen LogP contribution in [0.4, 0.5) is 14.5 Å². The summed E-state index contributed by atoms with van der Waals surface area (Å²) < 4.78 is 28.9. The average Bonchev–Trinajstić information content (AvgIpc) is 3.15. The maximum Gasteiger partial charge on any atom is 0.271 e. The van der Waals surface area contributed by atoms with E-state index < -0.39 is 17.8 Å². The number of allylic oxidation sites excluding steroid dienone is 1. The van der Waals surface area contributed by atoms with E-state index in [-0.39, 0.29) is 11.4 Å². The molecule has 0 saturated carbocycles. The third kappa shape index (κ3) is 4.48. The van der Waals surface area contributed by atoms with Crippen LogP contribution in [0.1, 0.15) is 24.1 Å². The number of halogens is 2. The third-order valence-corrected chi connectivity index (χ3v) is 6.63. The lowest BCUT2D eigenvalue weighted by atomic mass is 9.95. The number of carbonyl (C=O) groups is 1. The zero-order chi connectivity index (χ0) is 24.5. The topological polar surface area (TPSA) is 63.5 Å². The summed E-state index contributed by atoms with van der Waals surface area (Å²) in [5.41, 5.74) is 2.25. The molecule has 3 aromatic carbocycles. The van der Waals surface area contributed by atoms with Crippen LogP contribution in [0.5, 0.6) is 0 Å². The first-order valence-electron chi connectivity index (χ1n) is 10.8. The van der Waals surface area contributed by atoms with Gasteiger partial charge in [-0.1, -0.05) is 53.8 Å². The molecule has 1 atom stereocenters. The molecular formula is C27H19F2N3O2S. The Balaban J connectivity index is 1.67. The van der Waals surface area contributed by atoms with Crippen molar-refractivity contribution in [2.45, 2.75) is 13.0 Å². The lowest BCUT2D eigenvalue weighted by molar-refractivity contribution is -0.113. The van der Waals surface area contributed by atoms with Gasteiger partial charge in [-0.3, -0.25) is 14.2 Å². The number of hydrogen-bond acceptors (Lipinski definition) is 4. The molecule has 1 amide bonds. The summed E-state index contributed by atoms with van der Waals surface area (Å²) in [4.78, 5) is 32.0. The van der Waals surface area contributed by atoms with E-state index in [0.717, 1.165) is 0 Å². The number of amides is 1. The van der Waals surface area contributed by atoms with Gasteiger partial charge in [0, 0.05) is 5.69 Å². The highest BCUT2D eigenvalue weighted by Crippen LogP contribution is 2.30. The van der Waals surface area contributed by atoms with E-state index in [1.54, 1.807) is 61.5 Å². The monoisotopic (exact) mass is 487 g/mol. The van der Waals surface area contributed by atoms with Gasteiger partial charge in [0.25, 0.3) is 11.5 Å². The lowest BCUT2D eigenvalue weighted by Crippen LogP contribution is -2.40. The first kappa shape index (κ1) is 22.6. The highest BCUT2D eigenvalue weighted by atomic mass is 32.1. The van der Waals surface area contributed by atoms with Gasteiger partial charge in [0.1, 0.15) is 11.6 Å². The molecular weight excluding hydrogens is 468 g/mol. The van der Waals surface area contributed by atoms with Gasteiger partial charge >= 0.3 is 0 Å². The maximum absolute atomic E-state index is 13.7. The Kier molecular flexibility index (Phi) is 5.96. The van der Waals surface area contributed by atoms with Crippen molar-refractivity contribution in [2.24, 2.45) is 4.99 Å². The Morgan fingerprint density at radius 2 is 1.60 bits per heavy atom. The number of aromatic nitrogens is 1. The van der Waals surface area contributed by atoms with Crippen LogP contribution in [-0.2, 0) is 4.79 Å².